The zero-order valence-corrected chi connectivity index (χ0v) is 19.3. The van der Waals surface area contributed by atoms with Crippen molar-refractivity contribution < 1.29 is 18.7 Å². The summed E-state index contributed by atoms with van der Waals surface area (Å²) in [6.45, 7) is 0.701. The molecule has 0 spiro atoms. The number of carbonyl (C=O) groups excluding carboxylic acids is 1. The van der Waals surface area contributed by atoms with Gasteiger partial charge in [0.25, 0.3) is 0 Å². The lowest BCUT2D eigenvalue weighted by atomic mass is 10.0. The van der Waals surface area contributed by atoms with Crippen LogP contribution in [0.3, 0.4) is 0 Å². The summed E-state index contributed by atoms with van der Waals surface area (Å²) >= 11 is 2.67. The molecule has 0 saturated carbocycles. The van der Waals surface area contributed by atoms with Gasteiger partial charge in [-0.05, 0) is 49.2 Å². The summed E-state index contributed by atoms with van der Waals surface area (Å²) in [5, 5.41) is 11.8. The van der Waals surface area contributed by atoms with Crippen LogP contribution < -0.4 is 14.8 Å². The van der Waals surface area contributed by atoms with Crippen LogP contribution in [0.25, 0.3) is 0 Å². The number of anilines is 2. The molecule has 7 nitrogen and oxygen atoms in total. The number of benzene rings is 2. The van der Waals surface area contributed by atoms with Crippen molar-refractivity contribution in [2.45, 2.75) is 23.2 Å². The molecule has 1 N–H and O–H groups in total. The number of thioether (sulfide) groups is 1. The molecule has 0 bridgehead atoms. The van der Waals surface area contributed by atoms with Gasteiger partial charge in [0.1, 0.15) is 17.3 Å². The van der Waals surface area contributed by atoms with Gasteiger partial charge in [0.05, 0.1) is 26.0 Å². The van der Waals surface area contributed by atoms with Crippen molar-refractivity contribution in [1.29, 1.82) is 0 Å². The number of halogens is 1. The van der Waals surface area contributed by atoms with E-state index in [2.05, 4.69) is 15.5 Å². The monoisotopic (exact) mass is 474 g/mol. The SMILES string of the molecule is COc1ccc(OC)c([C@H]2CCCN2C(=O)CSc2nnc(Nc3cccc(F)c3)s2)c1. The Balaban J connectivity index is 1.39. The highest BCUT2D eigenvalue weighted by Gasteiger charge is 2.32. The number of methoxy groups -OCH3 is 2. The average molecular weight is 475 g/mol. The van der Waals surface area contributed by atoms with Crippen LogP contribution in [0.15, 0.2) is 46.8 Å². The summed E-state index contributed by atoms with van der Waals surface area (Å²) in [7, 11) is 3.26. The minimum Gasteiger partial charge on any atom is -0.497 e. The molecule has 2 heterocycles. The Morgan fingerprint density at radius 1 is 1.25 bits per heavy atom. The van der Waals surface area contributed by atoms with Crippen molar-refractivity contribution in [3.63, 3.8) is 0 Å². The Hall–Kier alpha value is -2.85. The number of rotatable bonds is 8. The van der Waals surface area contributed by atoms with E-state index in [-0.39, 0.29) is 23.5 Å². The Labute approximate surface area is 193 Å². The number of nitrogens with zero attached hydrogens (tertiary/aromatic N) is 3. The molecule has 1 atom stereocenters. The molecular formula is C22H23FN4O3S2. The summed E-state index contributed by atoms with van der Waals surface area (Å²) in [6, 6.07) is 11.8. The molecule has 0 radical (unpaired) electrons. The predicted octanol–water partition coefficient (Wildman–Crippen LogP) is 4.89. The maximum absolute atomic E-state index is 13.3. The number of carbonyl (C=O) groups is 1. The molecular weight excluding hydrogens is 451 g/mol. The van der Waals surface area contributed by atoms with E-state index in [0.717, 1.165) is 29.9 Å². The summed E-state index contributed by atoms with van der Waals surface area (Å²) in [5.41, 5.74) is 1.56. The lowest BCUT2D eigenvalue weighted by molar-refractivity contribution is -0.129. The van der Waals surface area contributed by atoms with Crippen LogP contribution in [0.2, 0.25) is 0 Å². The molecule has 1 amide bonds. The lowest BCUT2D eigenvalue weighted by Gasteiger charge is -2.26. The molecule has 0 unspecified atom stereocenters. The van der Waals surface area contributed by atoms with Crippen molar-refractivity contribution in [1.82, 2.24) is 15.1 Å². The van der Waals surface area contributed by atoms with Crippen molar-refractivity contribution >= 4 is 39.8 Å². The van der Waals surface area contributed by atoms with Gasteiger partial charge in [-0.25, -0.2) is 4.39 Å². The number of likely N-dealkylation sites (tertiary alicyclic amines) is 1. The first-order chi connectivity index (χ1) is 15.6. The number of hydrogen-bond donors (Lipinski definition) is 1. The zero-order chi connectivity index (χ0) is 22.5. The van der Waals surface area contributed by atoms with E-state index in [4.69, 9.17) is 9.47 Å². The van der Waals surface area contributed by atoms with E-state index in [9.17, 15) is 9.18 Å². The summed E-state index contributed by atoms with van der Waals surface area (Å²) in [5.74, 6) is 1.46. The van der Waals surface area contributed by atoms with E-state index in [1.165, 1.54) is 35.2 Å². The second-order valence-corrected chi connectivity index (χ2v) is 9.35. The average Bonchev–Trinajstić information content (AvgIpc) is 3.47. The smallest absolute Gasteiger partial charge is 0.233 e. The lowest BCUT2D eigenvalue weighted by Crippen LogP contribution is -2.32. The van der Waals surface area contributed by atoms with Crippen LogP contribution in [0.5, 0.6) is 11.5 Å². The number of hydrogen-bond acceptors (Lipinski definition) is 8. The molecule has 168 valence electrons. The molecule has 4 rings (SSSR count). The summed E-state index contributed by atoms with van der Waals surface area (Å²) < 4.78 is 24.9. The first-order valence-corrected chi connectivity index (χ1v) is 11.9. The van der Waals surface area contributed by atoms with E-state index in [1.54, 1.807) is 26.4 Å². The van der Waals surface area contributed by atoms with Crippen LogP contribution in [0, 0.1) is 5.82 Å². The third-order valence-electron chi connectivity index (χ3n) is 5.17. The van der Waals surface area contributed by atoms with Crippen molar-refractivity contribution in [2.24, 2.45) is 0 Å². The van der Waals surface area contributed by atoms with Gasteiger partial charge in [-0.3, -0.25) is 4.79 Å². The molecule has 1 saturated heterocycles. The fraction of sp³-hybridized carbons (Fsp3) is 0.318. The van der Waals surface area contributed by atoms with Crippen LogP contribution in [-0.4, -0.2) is 47.5 Å². The maximum Gasteiger partial charge on any atom is 0.233 e. The Morgan fingerprint density at radius 3 is 2.91 bits per heavy atom. The van der Waals surface area contributed by atoms with Gasteiger partial charge in [-0.1, -0.05) is 29.2 Å². The largest absolute Gasteiger partial charge is 0.497 e. The number of nitrogens with one attached hydrogen (secondary N) is 1. The molecule has 0 aliphatic carbocycles. The normalized spacial score (nSPS) is 15.6. The Morgan fingerprint density at radius 2 is 2.12 bits per heavy atom. The molecule has 1 aliphatic rings. The van der Waals surface area contributed by atoms with Crippen LogP contribution in [0.1, 0.15) is 24.4 Å². The van der Waals surface area contributed by atoms with Crippen LogP contribution in [-0.2, 0) is 4.79 Å². The van der Waals surface area contributed by atoms with Crippen molar-refractivity contribution in [3.05, 3.63) is 53.8 Å². The van der Waals surface area contributed by atoms with Gasteiger partial charge in [-0.2, -0.15) is 0 Å². The fourth-order valence-electron chi connectivity index (χ4n) is 3.70. The Bertz CT molecular complexity index is 1090. The third kappa shape index (κ3) is 5.13. The van der Waals surface area contributed by atoms with Crippen LogP contribution in [0.4, 0.5) is 15.2 Å². The third-order valence-corrected chi connectivity index (χ3v) is 7.13. The van der Waals surface area contributed by atoms with E-state index in [0.29, 0.717) is 21.7 Å². The quantitative estimate of drug-likeness (QED) is 0.466. The molecule has 3 aromatic rings. The van der Waals surface area contributed by atoms with Gasteiger partial charge >= 0.3 is 0 Å². The second kappa shape index (κ2) is 10.2. The zero-order valence-electron chi connectivity index (χ0n) is 17.7. The highest BCUT2D eigenvalue weighted by molar-refractivity contribution is 8.01. The molecule has 1 aromatic heterocycles. The number of ether oxygens (including phenoxy) is 2. The summed E-state index contributed by atoms with van der Waals surface area (Å²) in [6.07, 6.45) is 1.81. The molecule has 32 heavy (non-hydrogen) atoms. The minimum atomic E-state index is -0.326. The first-order valence-electron chi connectivity index (χ1n) is 10.1. The standard InChI is InChI=1S/C22H23FN4O3S2/c1-29-16-8-9-19(30-2)17(12-16)18-7-4-10-27(18)20(28)13-31-22-26-25-21(32-22)24-15-6-3-5-14(23)11-15/h3,5-6,8-9,11-12,18H,4,7,10,13H2,1-2H3,(H,24,25)/t18-/m1/s1. The van der Waals surface area contributed by atoms with Gasteiger partial charge < -0.3 is 19.7 Å². The highest BCUT2D eigenvalue weighted by atomic mass is 32.2. The fourth-order valence-corrected chi connectivity index (χ4v) is 5.36. The van der Waals surface area contributed by atoms with Gasteiger partial charge in [0.15, 0.2) is 4.34 Å². The minimum absolute atomic E-state index is 0.0391. The first kappa shape index (κ1) is 22.3. The highest BCUT2D eigenvalue weighted by Crippen LogP contribution is 2.39. The van der Waals surface area contributed by atoms with Crippen molar-refractivity contribution in [2.75, 3.05) is 31.8 Å². The van der Waals surface area contributed by atoms with E-state index < -0.39 is 0 Å². The van der Waals surface area contributed by atoms with Gasteiger partial charge in [0, 0.05) is 17.8 Å². The number of aromatic nitrogens is 2. The molecule has 2 aromatic carbocycles. The maximum atomic E-state index is 13.3. The molecule has 1 fully saturated rings. The predicted molar refractivity (Wildman–Crippen MR) is 124 cm³/mol. The topological polar surface area (TPSA) is 76.6 Å². The summed E-state index contributed by atoms with van der Waals surface area (Å²) in [4.78, 5) is 14.9. The molecule has 10 heteroatoms. The van der Waals surface area contributed by atoms with E-state index >= 15 is 0 Å². The number of amides is 1. The Kier molecular flexibility index (Phi) is 7.11. The second-order valence-electron chi connectivity index (χ2n) is 7.15. The van der Waals surface area contributed by atoms with Gasteiger partial charge in [0.2, 0.25) is 11.0 Å². The van der Waals surface area contributed by atoms with E-state index in [1.807, 2.05) is 23.1 Å². The van der Waals surface area contributed by atoms with Gasteiger partial charge in [-0.15, -0.1) is 10.2 Å². The van der Waals surface area contributed by atoms with Crippen molar-refractivity contribution in [3.8, 4) is 11.5 Å². The molecule has 1 aliphatic heterocycles. The van der Waals surface area contributed by atoms with Crippen LogP contribution >= 0.6 is 23.1 Å².